The summed E-state index contributed by atoms with van der Waals surface area (Å²) in [5.41, 5.74) is -0.342. The summed E-state index contributed by atoms with van der Waals surface area (Å²) in [6.45, 7) is 0.398. The maximum Gasteiger partial charge on any atom is 0.263 e. The van der Waals surface area contributed by atoms with Gasteiger partial charge in [0.25, 0.3) is 10.0 Å². The van der Waals surface area contributed by atoms with E-state index in [-0.39, 0.29) is 4.90 Å². The summed E-state index contributed by atoms with van der Waals surface area (Å²) < 4.78 is 65.5. The molecule has 1 aromatic carbocycles. The summed E-state index contributed by atoms with van der Waals surface area (Å²) in [7, 11) is -2.50. The molecule has 9 heteroatoms. The van der Waals surface area contributed by atoms with Gasteiger partial charge in [0.15, 0.2) is 11.6 Å². The van der Waals surface area contributed by atoms with Crippen LogP contribution in [-0.2, 0) is 16.6 Å². The maximum atomic E-state index is 13.5. The van der Waals surface area contributed by atoms with E-state index in [1.165, 1.54) is 12.3 Å². The van der Waals surface area contributed by atoms with Crippen LogP contribution in [0.3, 0.4) is 0 Å². The van der Waals surface area contributed by atoms with Crippen LogP contribution < -0.4 is 10.0 Å². The largest absolute Gasteiger partial charge is 0.363 e. The van der Waals surface area contributed by atoms with Gasteiger partial charge in [0.05, 0.1) is 0 Å². The Bertz CT molecular complexity index is 736. The van der Waals surface area contributed by atoms with Gasteiger partial charge in [0, 0.05) is 30.6 Å². The summed E-state index contributed by atoms with van der Waals surface area (Å²) >= 11 is 0. The monoisotopic (exact) mass is 319 g/mol. The molecule has 21 heavy (non-hydrogen) atoms. The molecule has 0 aliphatic rings. The van der Waals surface area contributed by atoms with Crippen LogP contribution in [-0.4, -0.2) is 20.4 Å². The van der Waals surface area contributed by atoms with E-state index in [9.17, 15) is 21.6 Å². The second-order valence-electron chi connectivity index (χ2n) is 4.24. The molecule has 0 radical (unpaired) electrons. The molecule has 1 aromatic heterocycles. The minimum absolute atomic E-state index is 0.184. The number of nitrogens with one attached hydrogen (secondary N) is 3. The SMILES string of the molecule is CNCc1cc(S(=O)(=O)Nc2c(F)cc(F)cc2F)c[nH]1. The average Bonchev–Trinajstić information content (AvgIpc) is 2.84. The van der Waals surface area contributed by atoms with E-state index in [2.05, 4.69) is 10.3 Å². The number of aromatic nitrogens is 1. The molecule has 0 saturated heterocycles. The zero-order valence-electron chi connectivity index (χ0n) is 10.9. The minimum Gasteiger partial charge on any atom is -0.363 e. The molecular weight excluding hydrogens is 307 g/mol. The second-order valence-corrected chi connectivity index (χ2v) is 5.92. The molecule has 5 nitrogen and oxygen atoms in total. The Morgan fingerprint density at radius 1 is 1.14 bits per heavy atom. The molecule has 114 valence electrons. The van der Waals surface area contributed by atoms with Crippen LogP contribution in [0, 0.1) is 17.5 Å². The van der Waals surface area contributed by atoms with Crippen LogP contribution in [0.1, 0.15) is 5.69 Å². The van der Waals surface area contributed by atoms with Gasteiger partial charge in [0.1, 0.15) is 16.4 Å². The fraction of sp³-hybridized carbons (Fsp3) is 0.167. The average molecular weight is 319 g/mol. The molecule has 0 saturated carbocycles. The van der Waals surface area contributed by atoms with Crippen LogP contribution >= 0.6 is 0 Å². The van der Waals surface area contributed by atoms with E-state index in [0.29, 0.717) is 24.4 Å². The van der Waals surface area contributed by atoms with Crippen LogP contribution in [0.25, 0.3) is 0 Å². The van der Waals surface area contributed by atoms with Crippen molar-refractivity contribution >= 4 is 15.7 Å². The molecule has 2 rings (SSSR count). The number of hydrogen-bond acceptors (Lipinski definition) is 3. The lowest BCUT2D eigenvalue weighted by Crippen LogP contribution is -2.15. The zero-order valence-corrected chi connectivity index (χ0v) is 11.7. The molecule has 0 bridgehead atoms. The molecule has 0 fully saturated rings. The van der Waals surface area contributed by atoms with E-state index in [0.717, 1.165) is 0 Å². The molecule has 0 amide bonds. The van der Waals surface area contributed by atoms with Gasteiger partial charge in [-0.2, -0.15) is 0 Å². The Labute approximate surface area is 119 Å². The highest BCUT2D eigenvalue weighted by Crippen LogP contribution is 2.23. The van der Waals surface area contributed by atoms with Gasteiger partial charge in [-0.3, -0.25) is 4.72 Å². The number of rotatable bonds is 5. The van der Waals surface area contributed by atoms with Gasteiger partial charge < -0.3 is 10.3 Å². The third-order valence-corrected chi connectivity index (χ3v) is 3.97. The van der Waals surface area contributed by atoms with Crippen molar-refractivity contribution in [1.82, 2.24) is 10.3 Å². The van der Waals surface area contributed by atoms with Crippen molar-refractivity contribution in [1.29, 1.82) is 0 Å². The third kappa shape index (κ3) is 3.37. The van der Waals surface area contributed by atoms with Crippen molar-refractivity contribution in [3.8, 4) is 0 Å². The third-order valence-electron chi connectivity index (χ3n) is 2.64. The first kappa shape index (κ1) is 15.4. The second kappa shape index (κ2) is 5.78. The normalized spacial score (nSPS) is 11.6. The van der Waals surface area contributed by atoms with Crippen molar-refractivity contribution in [2.45, 2.75) is 11.4 Å². The van der Waals surface area contributed by atoms with Crippen LogP contribution in [0.15, 0.2) is 29.3 Å². The van der Waals surface area contributed by atoms with Crippen molar-refractivity contribution in [2.75, 3.05) is 11.8 Å². The summed E-state index contributed by atoms with van der Waals surface area (Å²) in [5.74, 6) is -3.80. The van der Waals surface area contributed by atoms with Gasteiger partial charge >= 0.3 is 0 Å². The highest BCUT2D eigenvalue weighted by molar-refractivity contribution is 7.92. The number of halogens is 3. The summed E-state index contributed by atoms with van der Waals surface area (Å²) in [4.78, 5) is 2.52. The van der Waals surface area contributed by atoms with Crippen LogP contribution in [0.5, 0.6) is 0 Å². The highest BCUT2D eigenvalue weighted by atomic mass is 32.2. The summed E-state index contributed by atoms with van der Waals surface area (Å²) in [6, 6.07) is 2.10. The van der Waals surface area contributed by atoms with Gasteiger partial charge in [0.2, 0.25) is 0 Å². The van der Waals surface area contributed by atoms with Crippen molar-refractivity contribution < 1.29 is 21.6 Å². The molecule has 1 heterocycles. The predicted octanol–water partition coefficient (Wildman–Crippen LogP) is 1.95. The van der Waals surface area contributed by atoms with E-state index in [4.69, 9.17) is 0 Å². The molecule has 0 unspecified atom stereocenters. The number of anilines is 1. The first-order valence-corrected chi connectivity index (χ1v) is 7.31. The topological polar surface area (TPSA) is 74.0 Å². The standard InChI is InChI=1S/C12H12F3N3O2S/c1-16-5-8-4-9(6-17-8)21(19,20)18-12-10(14)2-7(13)3-11(12)15/h2-4,6,16-18H,5H2,1H3. The lowest BCUT2D eigenvalue weighted by atomic mass is 10.3. The van der Waals surface area contributed by atoms with Gasteiger partial charge in [-0.15, -0.1) is 0 Å². The van der Waals surface area contributed by atoms with Gasteiger partial charge in [-0.05, 0) is 13.1 Å². The Morgan fingerprint density at radius 3 is 2.33 bits per heavy atom. The molecule has 2 aromatic rings. The fourth-order valence-electron chi connectivity index (χ4n) is 1.70. The summed E-state index contributed by atoms with van der Waals surface area (Å²) in [6.07, 6.45) is 1.19. The van der Waals surface area contributed by atoms with E-state index in [1.807, 2.05) is 0 Å². The molecule has 0 spiro atoms. The van der Waals surface area contributed by atoms with Crippen molar-refractivity contribution in [3.63, 3.8) is 0 Å². The molecule has 0 aliphatic carbocycles. The Balaban J connectivity index is 2.33. The molecule has 0 atom stereocenters. The minimum atomic E-state index is -4.18. The summed E-state index contributed by atoms with van der Waals surface area (Å²) in [5, 5.41) is 2.81. The molecule has 3 N–H and O–H groups in total. The number of aromatic amines is 1. The first-order valence-electron chi connectivity index (χ1n) is 5.83. The lowest BCUT2D eigenvalue weighted by molar-refractivity contribution is 0.547. The number of hydrogen-bond donors (Lipinski definition) is 3. The maximum absolute atomic E-state index is 13.5. The Morgan fingerprint density at radius 2 is 1.76 bits per heavy atom. The number of sulfonamides is 1. The number of H-pyrrole nitrogens is 1. The molecule has 0 aliphatic heterocycles. The van der Waals surface area contributed by atoms with Crippen molar-refractivity contribution in [2.24, 2.45) is 0 Å². The predicted molar refractivity (Wildman–Crippen MR) is 70.7 cm³/mol. The Kier molecular flexibility index (Phi) is 4.24. The van der Waals surface area contributed by atoms with Gasteiger partial charge in [-0.25, -0.2) is 21.6 Å². The number of benzene rings is 1. The quantitative estimate of drug-likeness (QED) is 0.788. The van der Waals surface area contributed by atoms with Gasteiger partial charge in [-0.1, -0.05) is 0 Å². The van der Waals surface area contributed by atoms with E-state index >= 15 is 0 Å². The lowest BCUT2D eigenvalue weighted by Gasteiger charge is -2.08. The highest BCUT2D eigenvalue weighted by Gasteiger charge is 2.21. The van der Waals surface area contributed by atoms with E-state index in [1.54, 1.807) is 11.8 Å². The van der Waals surface area contributed by atoms with Crippen LogP contribution in [0.4, 0.5) is 18.9 Å². The fourth-order valence-corrected chi connectivity index (χ4v) is 2.79. The van der Waals surface area contributed by atoms with Crippen LogP contribution in [0.2, 0.25) is 0 Å². The first-order chi connectivity index (χ1) is 9.83. The zero-order chi connectivity index (χ0) is 15.6. The Hall–Kier alpha value is -2.00. The van der Waals surface area contributed by atoms with E-state index < -0.39 is 33.2 Å². The smallest absolute Gasteiger partial charge is 0.263 e. The van der Waals surface area contributed by atoms with Crippen molar-refractivity contribution in [3.05, 3.63) is 47.5 Å². The molecular formula is C12H12F3N3O2S.